The van der Waals surface area contributed by atoms with Crippen molar-refractivity contribution >= 4 is 33.6 Å². The van der Waals surface area contributed by atoms with Crippen LogP contribution in [0.15, 0.2) is 170 Å². The smallest absolute Gasteiger partial charge is 0.463 e. The summed E-state index contributed by atoms with van der Waals surface area (Å²) in [6.07, 6.45) is 108. The number of aliphatic hydroxyl groups is 2. The van der Waals surface area contributed by atoms with Crippen LogP contribution < -0.4 is 0 Å². The summed E-state index contributed by atoms with van der Waals surface area (Å²) < 4.78 is 61.4. The Bertz CT molecular complexity index is 2700. The highest BCUT2D eigenvalue weighted by Gasteiger charge is 2.29. The monoisotopic (exact) mass is 1590 g/mol. The van der Waals surface area contributed by atoms with Crippen molar-refractivity contribution in [2.45, 2.75) is 360 Å². The van der Waals surface area contributed by atoms with Gasteiger partial charge in [0.2, 0.25) is 0 Å². The SMILES string of the molecule is CC/C=C\C/C=C\C/C=C\C/C=C\C/C=C\CCCCCCCCCCCCCCCC(=O)OCC(O)COP(=O)(O)OCC(O)COP(=O)(O)OCC(COC(=O)CCCCCCCCC/C=C\C/C=C\C/C=C\C/C=C\C/C=C\CC)OC(=O)CCCCCCCCC/C=C\C/C=C\C/C=C\C/C=C\CCCCC. The van der Waals surface area contributed by atoms with Crippen molar-refractivity contribution in [3.05, 3.63) is 170 Å². The lowest BCUT2D eigenvalue weighted by Crippen LogP contribution is -2.30. The minimum Gasteiger partial charge on any atom is -0.463 e. The van der Waals surface area contributed by atoms with Crippen molar-refractivity contribution in [2.24, 2.45) is 0 Å². The van der Waals surface area contributed by atoms with Crippen molar-refractivity contribution in [3.63, 3.8) is 0 Å². The molecule has 0 aliphatic heterocycles. The topological polar surface area (TPSA) is 231 Å². The van der Waals surface area contributed by atoms with Crippen LogP contribution in [0, 0.1) is 0 Å². The maximum absolute atomic E-state index is 13.1. The number of allylic oxidation sites excluding steroid dienone is 28. The minimum absolute atomic E-state index is 0.0843. The average molecular weight is 1590 g/mol. The van der Waals surface area contributed by atoms with E-state index in [-0.39, 0.29) is 19.3 Å². The Hall–Kier alpha value is -5.09. The number of esters is 3. The third-order valence-electron chi connectivity index (χ3n) is 17.9. The number of carbonyl (C=O) groups is 3. The first-order chi connectivity index (χ1) is 54.2. The van der Waals surface area contributed by atoms with Gasteiger partial charge in [0.05, 0.1) is 26.4 Å². The largest absolute Gasteiger partial charge is 0.472 e. The van der Waals surface area contributed by atoms with E-state index >= 15 is 0 Å². The lowest BCUT2D eigenvalue weighted by Gasteiger charge is -2.21. The van der Waals surface area contributed by atoms with Gasteiger partial charge in [0, 0.05) is 19.3 Å². The number of rotatable bonds is 81. The Labute approximate surface area is 675 Å². The standard InChI is InChI=1S/C93H156O16P2/c1-4-7-10-13-16-19-22-25-28-31-34-37-40-41-42-43-44-45-48-50-52-55-58-61-64-67-70-73-76-79-91(96)103-82-88(94)83-105-110(99,100)106-84-89(95)85-107-111(101,102)108-87-90(109-93(98)81-78-75-72-69-66-63-60-57-54-51-47-39-36-33-30-27-24-21-18-15-12-9-6-3)86-104-92(97)80-77-74-71-68-65-62-59-56-53-49-46-38-35-32-29-26-23-20-17-14-11-8-5-2/h7-8,10-11,16-21,25-30,34-39,41-42,49,51,53-54,88-90,94-95H,4-6,9,12-15,22-24,31-33,40,43-48,50,52,55-87H2,1-3H3,(H,99,100)(H,101,102)/b10-7-,11-8-,19-16-,20-17-,21-18-,28-25-,29-26-,30-27-,37-34-,38-35-,39-36-,42-41-,53-49-,54-51-. The molecule has 0 heterocycles. The van der Waals surface area contributed by atoms with Gasteiger partial charge in [-0.05, 0) is 154 Å². The average Bonchev–Trinajstić information content (AvgIpc) is 0.900. The highest BCUT2D eigenvalue weighted by molar-refractivity contribution is 7.47. The zero-order chi connectivity index (χ0) is 80.8. The van der Waals surface area contributed by atoms with Crippen molar-refractivity contribution in [2.75, 3.05) is 39.6 Å². The summed E-state index contributed by atoms with van der Waals surface area (Å²) in [5.41, 5.74) is 0. The molecule has 5 atom stereocenters. The molecule has 0 aromatic heterocycles. The predicted octanol–water partition coefficient (Wildman–Crippen LogP) is 26.3. The number of carbonyl (C=O) groups excluding carboxylic acids is 3. The summed E-state index contributed by atoms with van der Waals surface area (Å²) in [6, 6.07) is 0. The summed E-state index contributed by atoms with van der Waals surface area (Å²) in [7, 11) is -9.82. The van der Waals surface area contributed by atoms with Gasteiger partial charge in [-0.3, -0.25) is 32.5 Å². The second-order valence-corrected chi connectivity index (χ2v) is 31.5. The molecular weight excluding hydrogens is 1430 g/mol. The van der Waals surface area contributed by atoms with Gasteiger partial charge < -0.3 is 34.2 Å². The molecule has 634 valence electrons. The Kier molecular flexibility index (Phi) is 80.4. The van der Waals surface area contributed by atoms with Gasteiger partial charge in [0.1, 0.15) is 25.4 Å². The molecule has 0 saturated heterocycles. The number of phosphoric acid groups is 2. The third-order valence-corrected chi connectivity index (χ3v) is 19.8. The molecule has 0 fully saturated rings. The highest BCUT2D eigenvalue weighted by Crippen LogP contribution is 2.45. The second-order valence-electron chi connectivity index (χ2n) is 28.6. The molecule has 0 bridgehead atoms. The quantitative estimate of drug-likeness (QED) is 0.0146. The molecule has 18 heteroatoms. The molecule has 0 amide bonds. The van der Waals surface area contributed by atoms with Crippen LogP contribution in [0.5, 0.6) is 0 Å². The van der Waals surface area contributed by atoms with Gasteiger partial charge in [-0.2, -0.15) is 0 Å². The normalized spacial score (nSPS) is 14.7. The Balaban J connectivity index is 4.66. The highest BCUT2D eigenvalue weighted by atomic mass is 31.2. The van der Waals surface area contributed by atoms with Gasteiger partial charge in [0.15, 0.2) is 6.10 Å². The van der Waals surface area contributed by atoms with Crippen LogP contribution in [-0.4, -0.2) is 95.9 Å². The van der Waals surface area contributed by atoms with Crippen LogP contribution >= 0.6 is 15.6 Å². The Morgan fingerprint density at radius 3 is 0.757 bits per heavy atom. The first-order valence-electron chi connectivity index (χ1n) is 43.4. The molecule has 0 aliphatic carbocycles. The molecule has 5 unspecified atom stereocenters. The van der Waals surface area contributed by atoms with Gasteiger partial charge in [-0.15, -0.1) is 0 Å². The molecule has 0 aromatic carbocycles. The van der Waals surface area contributed by atoms with Crippen LogP contribution in [0.4, 0.5) is 0 Å². The lowest BCUT2D eigenvalue weighted by atomic mass is 10.0. The molecule has 4 N–H and O–H groups in total. The molecule has 0 aromatic rings. The van der Waals surface area contributed by atoms with Gasteiger partial charge >= 0.3 is 33.6 Å². The summed E-state index contributed by atoms with van der Waals surface area (Å²) in [6.45, 7) is 2.42. The van der Waals surface area contributed by atoms with Crippen molar-refractivity contribution in [1.82, 2.24) is 0 Å². The molecule has 0 saturated carbocycles. The first-order valence-corrected chi connectivity index (χ1v) is 46.4. The van der Waals surface area contributed by atoms with E-state index in [1.165, 1.54) is 83.5 Å². The summed E-state index contributed by atoms with van der Waals surface area (Å²) in [5, 5.41) is 20.7. The van der Waals surface area contributed by atoms with Crippen molar-refractivity contribution in [1.29, 1.82) is 0 Å². The Morgan fingerprint density at radius 1 is 0.261 bits per heavy atom. The van der Waals surface area contributed by atoms with Crippen LogP contribution in [-0.2, 0) is 55.8 Å². The van der Waals surface area contributed by atoms with Crippen LogP contribution in [0.25, 0.3) is 0 Å². The number of phosphoric ester groups is 2. The van der Waals surface area contributed by atoms with E-state index in [2.05, 4.69) is 191 Å². The summed E-state index contributed by atoms with van der Waals surface area (Å²) in [5.74, 6) is -1.60. The van der Waals surface area contributed by atoms with Gasteiger partial charge in [-0.1, -0.05) is 339 Å². The maximum Gasteiger partial charge on any atom is 0.472 e. The molecule has 0 spiro atoms. The molecule has 16 nitrogen and oxygen atoms in total. The Morgan fingerprint density at radius 2 is 0.477 bits per heavy atom. The fraction of sp³-hybridized carbons (Fsp3) is 0.667. The minimum atomic E-state index is -4.95. The van der Waals surface area contributed by atoms with Gasteiger partial charge in [-0.25, -0.2) is 9.13 Å². The van der Waals surface area contributed by atoms with Crippen LogP contribution in [0.2, 0.25) is 0 Å². The zero-order valence-corrected chi connectivity index (χ0v) is 71.4. The lowest BCUT2D eigenvalue weighted by molar-refractivity contribution is -0.161. The molecule has 0 rings (SSSR count). The van der Waals surface area contributed by atoms with E-state index in [0.717, 1.165) is 199 Å². The van der Waals surface area contributed by atoms with Gasteiger partial charge in [0.25, 0.3) is 0 Å². The molecule has 0 aliphatic rings. The first kappa shape index (κ1) is 106. The fourth-order valence-corrected chi connectivity index (χ4v) is 13.0. The number of hydrogen-bond acceptors (Lipinski definition) is 14. The summed E-state index contributed by atoms with van der Waals surface area (Å²) >= 11 is 0. The van der Waals surface area contributed by atoms with Crippen molar-refractivity contribution < 1.29 is 75.8 Å². The maximum atomic E-state index is 13.1. The second kappa shape index (κ2) is 84.3. The van der Waals surface area contributed by atoms with E-state index in [1.807, 2.05) is 0 Å². The van der Waals surface area contributed by atoms with E-state index in [9.17, 15) is 43.5 Å². The van der Waals surface area contributed by atoms with Crippen LogP contribution in [0.3, 0.4) is 0 Å². The van der Waals surface area contributed by atoms with E-state index in [4.69, 9.17) is 32.3 Å². The number of aliphatic hydroxyl groups excluding tert-OH is 2. The zero-order valence-electron chi connectivity index (χ0n) is 69.6. The number of hydrogen-bond donors (Lipinski definition) is 4. The molecular formula is C93H156O16P2. The summed E-state index contributed by atoms with van der Waals surface area (Å²) in [4.78, 5) is 58.9. The van der Waals surface area contributed by atoms with Crippen LogP contribution in [0.1, 0.15) is 342 Å². The molecule has 0 radical (unpaired) electrons. The van der Waals surface area contributed by atoms with E-state index < -0.39 is 91.5 Å². The third kappa shape index (κ3) is 85.6. The van der Waals surface area contributed by atoms with E-state index in [0.29, 0.717) is 19.3 Å². The van der Waals surface area contributed by atoms with Crippen molar-refractivity contribution in [3.8, 4) is 0 Å². The predicted molar refractivity (Wildman–Crippen MR) is 463 cm³/mol. The number of unbranched alkanes of at least 4 members (excludes halogenated alkanes) is 30. The van der Waals surface area contributed by atoms with E-state index in [1.54, 1.807) is 0 Å². The molecule has 111 heavy (non-hydrogen) atoms. The fourth-order valence-electron chi connectivity index (χ4n) is 11.4. The number of ether oxygens (including phenoxy) is 3.